The lowest BCUT2D eigenvalue weighted by Gasteiger charge is -2.08. The summed E-state index contributed by atoms with van der Waals surface area (Å²) in [5.74, 6) is -0.298. The van der Waals surface area contributed by atoms with Gasteiger partial charge in [-0.3, -0.25) is 4.79 Å². The summed E-state index contributed by atoms with van der Waals surface area (Å²) >= 11 is 0. The minimum atomic E-state index is -0.967. The van der Waals surface area contributed by atoms with Crippen molar-refractivity contribution in [3.63, 3.8) is 0 Å². The van der Waals surface area contributed by atoms with Gasteiger partial charge in [-0.1, -0.05) is 62.6 Å². The molecule has 1 atom stereocenters. The number of hydrogen-bond acceptors (Lipinski definition) is 4. The topological polar surface area (TPSA) is 66.8 Å². The number of hydrogen-bond donors (Lipinski definition) is 2. The molecule has 0 saturated carbocycles. The van der Waals surface area contributed by atoms with Crippen LogP contribution in [0, 0.1) is 0 Å². The Hall–Kier alpha value is -1.39. The summed E-state index contributed by atoms with van der Waals surface area (Å²) in [4.78, 5) is 11.4. The van der Waals surface area contributed by atoms with Crippen molar-refractivity contribution in [2.75, 3.05) is 13.2 Å². The second kappa shape index (κ2) is 18.9. The maximum absolute atomic E-state index is 11.4. The first-order valence-electron chi connectivity index (χ1n) is 9.60. The van der Waals surface area contributed by atoms with E-state index in [0.29, 0.717) is 6.42 Å². The zero-order chi connectivity index (χ0) is 18.6. The third-order valence-electron chi connectivity index (χ3n) is 3.68. The number of ether oxygens (including phenoxy) is 1. The molecule has 0 aliphatic heterocycles. The molecular formula is C21H36O4. The molecule has 0 spiro atoms. The highest BCUT2D eigenvalue weighted by atomic mass is 16.5. The lowest BCUT2D eigenvalue weighted by atomic mass is 10.1. The Morgan fingerprint density at radius 3 is 2.20 bits per heavy atom. The molecule has 144 valence electrons. The molecule has 0 aromatic heterocycles. The monoisotopic (exact) mass is 352 g/mol. The normalized spacial score (nSPS) is 13.2. The molecular weight excluding hydrogens is 316 g/mol. The summed E-state index contributed by atoms with van der Waals surface area (Å²) in [5.41, 5.74) is 0. The number of carbonyl (C=O) groups excluding carboxylic acids is 1. The number of allylic oxidation sites excluding steroid dienone is 6. The SMILES string of the molecule is CC/C=C/C/C=C\C/C=C/CCCCCCCC(=O)OC[C@H](O)CO. The van der Waals surface area contributed by atoms with Gasteiger partial charge >= 0.3 is 5.97 Å². The summed E-state index contributed by atoms with van der Waals surface area (Å²) in [5, 5.41) is 17.7. The van der Waals surface area contributed by atoms with Crippen molar-refractivity contribution >= 4 is 5.97 Å². The number of unbranched alkanes of at least 4 members (excludes halogenated alkanes) is 5. The average molecular weight is 353 g/mol. The zero-order valence-corrected chi connectivity index (χ0v) is 15.7. The second-order valence-electron chi connectivity index (χ2n) is 6.12. The van der Waals surface area contributed by atoms with Crippen LogP contribution in [0.3, 0.4) is 0 Å². The third-order valence-corrected chi connectivity index (χ3v) is 3.68. The van der Waals surface area contributed by atoms with Gasteiger partial charge in [0.15, 0.2) is 0 Å². The van der Waals surface area contributed by atoms with E-state index < -0.39 is 6.10 Å². The molecule has 0 fully saturated rings. The molecule has 0 amide bonds. The molecule has 0 radical (unpaired) electrons. The zero-order valence-electron chi connectivity index (χ0n) is 15.7. The summed E-state index contributed by atoms with van der Waals surface area (Å²) in [7, 11) is 0. The summed E-state index contributed by atoms with van der Waals surface area (Å²) in [6.07, 6.45) is 22.3. The van der Waals surface area contributed by atoms with Gasteiger partial charge in [0.05, 0.1) is 6.61 Å². The molecule has 0 rings (SSSR count). The van der Waals surface area contributed by atoms with Crippen molar-refractivity contribution in [2.45, 2.75) is 77.2 Å². The number of aliphatic hydroxyl groups is 2. The van der Waals surface area contributed by atoms with E-state index in [2.05, 4.69) is 43.4 Å². The van der Waals surface area contributed by atoms with Gasteiger partial charge in [-0.2, -0.15) is 0 Å². The molecule has 4 heteroatoms. The van der Waals surface area contributed by atoms with E-state index in [1.165, 1.54) is 12.8 Å². The predicted molar refractivity (Wildman–Crippen MR) is 103 cm³/mol. The number of carbonyl (C=O) groups is 1. The molecule has 0 heterocycles. The van der Waals surface area contributed by atoms with Crippen molar-refractivity contribution in [2.24, 2.45) is 0 Å². The highest BCUT2D eigenvalue weighted by molar-refractivity contribution is 5.69. The van der Waals surface area contributed by atoms with E-state index in [4.69, 9.17) is 14.9 Å². The third kappa shape index (κ3) is 18.8. The first-order chi connectivity index (χ1) is 12.2. The lowest BCUT2D eigenvalue weighted by molar-refractivity contribution is -0.147. The molecule has 0 unspecified atom stereocenters. The summed E-state index contributed by atoms with van der Waals surface area (Å²) in [6.45, 7) is 1.64. The number of rotatable bonds is 16. The molecule has 0 aromatic carbocycles. The summed E-state index contributed by atoms with van der Waals surface area (Å²) in [6, 6.07) is 0. The van der Waals surface area contributed by atoms with Crippen LogP contribution in [0.1, 0.15) is 71.1 Å². The van der Waals surface area contributed by atoms with Crippen LogP contribution in [0.4, 0.5) is 0 Å². The minimum absolute atomic E-state index is 0.119. The Balaban J connectivity index is 3.34. The maximum Gasteiger partial charge on any atom is 0.305 e. The first kappa shape index (κ1) is 23.6. The second-order valence-corrected chi connectivity index (χ2v) is 6.12. The van der Waals surface area contributed by atoms with Gasteiger partial charge in [0, 0.05) is 6.42 Å². The number of aliphatic hydroxyl groups excluding tert-OH is 2. The maximum atomic E-state index is 11.4. The van der Waals surface area contributed by atoms with Gasteiger partial charge in [-0.15, -0.1) is 0 Å². The van der Waals surface area contributed by atoms with Gasteiger partial charge in [-0.25, -0.2) is 0 Å². The fourth-order valence-corrected chi connectivity index (χ4v) is 2.20. The highest BCUT2D eigenvalue weighted by Crippen LogP contribution is 2.08. The lowest BCUT2D eigenvalue weighted by Crippen LogP contribution is -2.21. The van der Waals surface area contributed by atoms with Gasteiger partial charge in [0.1, 0.15) is 12.7 Å². The van der Waals surface area contributed by atoms with Crippen LogP contribution in [-0.4, -0.2) is 35.5 Å². The smallest absolute Gasteiger partial charge is 0.305 e. The van der Waals surface area contributed by atoms with E-state index in [1.54, 1.807) is 0 Å². The molecule has 25 heavy (non-hydrogen) atoms. The van der Waals surface area contributed by atoms with Crippen LogP contribution in [0.2, 0.25) is 0 Å². The number of esters is 1. The van der Waals surface area contributed by atoms with E-state index >= 15 is 0 Å². The standard InChI is InChI=1S/C21H36O4/c1-2-3-4-5-6-7-8-9-10-11-12-13-14-15-16-17-21(24)25-19-20(23)18-22/h3-4,6-7,9-10,20,22-23H,2,5,8,11-19H2,1H3/b4-3+,7-6-,10-9+/t20-/m1/s1. The van der Waals surface area contributed by atoms with E-state index in [1.807, 2.05) is 0 Å². The first-order valence-corrected chi connectivity index (χ1v) is 9.60. The van der Waals surface area contributed by atoms with Crippen molar-refractivity contribution in [1.82, 2.24) is 0 Å². The molecule has 0 aromatic rings. The van der Waals surface area contributed by atoms with E-state index in [-0.39, 0.29) is 19.2 Å². The highest BCUT2D eigenvalue weighted by Gasteiger charge is 2.07. The molecule has 0 saturated heterocycles. The van der Waals surface area contributed by atoms with Crippen LogP contribution < -0.4 is 0 Å². The quantitative estimate of drug-likeness (QED) is 0.244. The van der Waals surface area contributed by atoms with Gasteiger partial charge in [0.2, 0.25) is 0 Å². The molecule has 0 aliphatic carbocycles. The van der Waals surface area contributed by atoms with Gasteiger partial charge < -0.3 is 14.9 Å². The van der Waals surface area contributed by atoms with Crippen LogP contribution in [-0.2, 0) is 9.53 Å². The molecule has 0 aliphatic rings. The van der Waals surface area contributed by atoms with Crippen LogP contribution >= 0.6 is 0 Å². The largest absolute Gasteiger partial charge is 0.463 e. The molecule has 2 N–H and O–H groups in total. The van der Waals surface area contributed by atoms with E-state index in [9.17, 15) is 4.79 Å². The Morgan fingerprint density at radius 1 is 0.920 bits per heavy atom. The molecule has 0 bridgehead atoms. The Labute approximate surface area is 153 Å². The van der Waals surface area contributed by atoms with E-state index in [0.717, 1.165) is 44.9 Å². The van der Waals surface area contributed by atoms with Crippen LogP contribution in [0.25, 0.3) is 0 Å². The van der Waals surface area contributed by atoms with Gasteiger partial charge in [0.25, 0.3) is 0 Å². The summed E-state index contributed by atoms with van der Waals surface area (Å²) < 4.78 is 4.85. The average Bonchev–Trinajstić information content (AvgIpc) is 2.62. The Morgan fingerprint density at radius 2 is 1.52 bits per heavy atom. The van der Waals surface area contributed by atoms with Crippen molar-refractivity contribution in [3.8, 4) is 0 Å². The van der Waals surface area contributed by atoms with Crippen molar-refractivity contribution in [1.29, 1.82) is 0 Å². The van der Waals surface area contributed by atoms with Gasteiger partial charge in [-0.05, 0) is 38.5 Å². The Kier molecular flexibility index (Phi) is 17.9. The minimum Gasteiger partial charge on any atom is -0.463 e. The predicted octanol–water partition coefficient (Wildman–Crippen LogP) is 4.47. The van der Waals surface area contributed by atoms with Crippen LogP contribution in [0.15, 0.2) is 36.5 Å². The van der Waals surface area contributed by atoms with Crippen molar-refractivity contribution in [3.05, 3.63) is 36.5 Å². The van der Waals surface area contributed by atoms with Crippen molar-refractivity contribution < 1.29 is 19.7 Å². The fourth-order valence-electron chi connectivity index (χ4n) is 2.20. The van der Waals surface area contributed by atoms with Crippen LogP contribution in [0.5, 0.6) is 0 Å². The fraction of sp³-hybridized carbons (Fsp3) is 0.667. The Bertz CT molecular complexity index is 385. The molecule has 4 nitrogen and oxygen atoms in total.